The van der Waals surface area contributed by atoms with Gasteiger partial charge in [-0.3, -0.25) is 9.59 Å². The Hall–Kier alpha value is -4.81. The number of aliphatic hydroxyl groups excluding tert-OH is 1. The van der Waals surface area contributed by atoms with E-state index in [-0.39, 0.29) is 61.9 Å². The lowest BCUT2D eigenvalue weighted by molar-refractivity contribution is -0.0115. The molecule has 0 aliphatic carbocycles. The van der Waals surface area contributed by atoms with E-state index in [0.717, 1.165) is 19.3 Å². The molecule has 49 heavy (non-hydrogen) atoms. The van der Waals surface area contributed by atoms with Crippen molar-refractivity contribution in [1.82, 2.24) is 9.80 Å². The van der Waals surface area contributed by atoms with Crippen LogP contribution in [0.4, 0.5) is 16.2 Å². The van der Waals surface area contributed by atoms with Crippen LogP contribution in [0.25, 0.3) is 0 Å². The molecule has 2 heterocycles. The number of amides is 4. The molecule has 0 unspecified atom stereocenters. The zero-order valence-electron chi connectivity index (χ0n) is 28.5. The Balaban J connectivity index is 1.36. The van der Waals surface area contributed by atoms with Crippen molar-refractivity contribution in [1.29, 1.82) is 0 Å². The van der Waals surface area contributed by atoms with E-state index in [0.29, 0.717) is 40.8 Å². The van der Waals surface area contributed by atoms with Crippen molar-refractivity contribution in [2.45, 2.75) is 58.3 Å². The summed E-state index contributed by atoms with van der Waals surface area (Å²) in [4.78, 5) is 43.7. The SMILES string of the molecule is C[C@@H]1CCCCO[C@@H](CN(C)C(=O)Nc2ccc3c(c2)OCO3)[C@@H](C)CN([C@@H](C)CO)C(=O)c2cc(NC(=O)c3ccccc3)ccc2O1. The number of ether oxygens (including phenoxy) is 4. The largest absolute Gasteiger partial charge is 0.490 e. The van der Waals surface area contributed by atoms with Gasteiger partial charge in [-0.2, -0.15) is 0 Å². The van der Waals surface area contributed by atoms with Crippen molar-refractivity contribution in [2.75, 3.05) is 50.8 Å². The number of nitrogens with one attached hydrogen (secondary N) is 2. The van der Waals surface area contributed by atoms with Crippen LogP contribution in [0, 0.1) is 5.92 Å². The minimum atomic E-state index is -0.539. The summed E-state index contributed by atoms with van der Waals surface area (Å²) < 4.78 is 23.5. The maximum atomic E-state index is 14.4. The van der Waals surface area contributed by atoms with E-state index in [9.17, 15) is 19.5 Å². The predicted octanol–water partition coefficient (Wildman–Crippen LogP) is 5.63. The number of anilines is 2. The Morgan fingerprint density at radius 1 is 0.959 bits per heavy atom. The predicted molar refractivity (Wildman–Crippen MR) is 185 cm³/mol. The first-order chi connectivity index (χ1) is 23.6. The summed E-state index contributed by atoms with van der Waals surface area (Å²) in [6.45, 7) is 6.56. The summed E-state index contributed by atoms with van der Waals surface area (Å²) in [5.41, 5.74) is 1.78. The summed E-state index contributed by atoms with van der Waals surface area (Å²) in [6, 6.07) is 18.2. The van der Waals surface area contributed by atoms with Gasteiger partial charge in [-0.15, -0.1) is 0 Å². The molecule has 4 amide bonds. The third kappa shape index (κ3) is 9.21. The Kier molecular flexibility index (Phi) is 12.0. The molecule has 0 fully saturated rings. The molecule has 4 atom stereocenters. The molecule has 3 aromatic carbocycles. The number of nitrogens with zero attached hydrogens (tertiary/aromatic N) is 2. The van der Waals surface area contributed by atoms with Crippen molar-refractivity contribution in [2.24, 2.45) is 5.92 Å². The van der Waals surface area contributed by atoms with Crippen molar-refractivity contribution >= 4 is 29.2 Å². The first kappa shape index (κ1) is 35.5. The fourth-order valence-electron chi connectivity index (χ4n) is 5.80. The van der Waals surface area contributed by atoms with Crippen LogP contribution in [-0.4, -0.2) is 91.1 Å². The second-order valence-electron chi connectivity index (χ2n) is 12.7. The van der Waals surface area contributed by atoms with Gasteiger partial charge in [0.2, 0.25) is 6.79 Å². The van der Waals surface area contributed by atoms with E-state index in [1.807, 2.05) is 19.9 Å². The maximum Gasteiger partial charge on any atom is 0.321 e. The number of carbonyl (C=O) groups is 3. The number of fused-ring (bicyclic) bond motifs is 2. The van der Waals surface area contributed by atoms with Gasteiger partial charge in [0.05, 0.1) is 30.4 Å². The van der Waals surface area contributed by atoms with Gasteiger partial charge in [0.25, 0.3) is 11.8 Å². The van der Waals surface area contributed by atoms with E-state index in [4.69, 9.17) is 18.9 Å². The number of aliphatic hydroxyl groups is 1. The Labute approximate surface area is 287 Å². The minimum absolute atomic E-state index is 0.140. The zero-order valence-corrected chi connectivity index (χ0v) is 28.5. The number of benzene rings is 3. The fourth-order valence-corrected chi connectivity index (χ4v) is 5.80. The average Bonchev–Trinajstić information content (AvgIpc) is 3.58. The van der Waals surface area contributed by atoms with Crippen molar-refractivity contribution in [3.05, 3.63) is 77.9 Å². The lowest BCUT2D eigenvalue weighted by atomic mass is 10.0. The number of hydrogen-bond acceptors (Lipinski definition) is 8. The maximum absolute atomic E-state index is 14.4. The normalized spacial score (nSPS) is 20.3. The summed E-state index contributed by atoms with van der Waals surface area (Å²) >= 11 is 0. The quantitative estimate of drug-likeness (QED) is 0.293. The zero-order chi connectivity index (χ0) is 34.9. The summed E-state index contributed by atoms with van der Waals surface area (Å²) in [5.74, 6) is 0.716. The van der Waals surface area contributed by atoms with E-state index in [1.54, 1.807) is 84.4 Å². The van der Waals surface area contributed by atoms with E-state index >= 15 is 0 Å². The third-order valence-corrected chi connectivity index (χ3v) is 8.77. The van der Waals surface area contributed by atoms with Crippen LogP contribution in [-0.2, 0) is 4.74 Å². The number of hydrogen-bond donors (Lipinski definition) is 3. The van der Waals surface area contributed by atoms with Crippen LogP contribution >= 0.6 is 0 Å². The van der Waals surface area contributed by atoms with Crippen LogP contribution in [0.2, 0.25) is 0 Å². The number of carbonyl (C=O) groups excluding carboxylic acids is 3. The molecule has 0 saturated heterocycles. The van der Waals surface area contributed by atoms with Crippen LogP contribution in [0.15, 0.2) is 66.7 Å². The van der Waals surface area contributed by atoms with Gasteiger partial charge in [0.1, 0.15) is 5.75 Å². The molecule has 12 nitrogen and oxygen atoms in total. The highest BCUT2D eigenvalue weighted by atomic mass is 16.7. The van der Waals surface area contributed by atoms with Gasteiger partial charge in [-0.25, -0.2) is 4.79 Å². The average molecular weight is 675 g/mol. The van der Waals surface area contributed by atoms with Gasteiger partial charge in [0.15, 0.2) is 11.5 Å². The lowest BCUT2D eigenvalue weighted by Gasteiger charge is -2.35. The molecule has 2 aliphatic rings. The lowest BCUT2D eigenvalue weighted by Crippen LogP contribution is -2.48. The third-order valence-electron chi connectivity index (χ3n) is 8.77. The van der Waals surface area contributed by atoms with E-state index in [1.165, 1.54) is 0 Å². The standard InChI is InChI=1S/C37H46N4O8/c1-24-20-41(25(2)22-42)36(44)30-18-28(38-35(43)27-11-6-5-7-12-27)13-15-31(30)49-26(3)10-8-9-17-46-34(24)21-40(4)37(45)39-29-14-16-32-33(19-29)48-23-47-32/h5-7,11-16,18-19,24-26,34,42H,8-10,17,20-23H2,1-4H3,(H,38,43)(H,39,45)/t24-,25-,26+,34-/m0/s1. The van der Waals surface area contributed by atoms with Crippen molar-refractivity contribution in [3.63, 3.8) is 0 Å². The first-order valence-electron chi connectivity index (χ1n) is 16.7. The Morgan fingerprint density at radius 2 is 1.67 bits per heavy atom. The molecule has 5 rings (SSSR count). The van der Waals surface area contributed by atoms with Gasteiger partial charge in [0, 0.05) is 55.7 Å². The first-order valence-corrected chi connectivity index (χ1v) is 16.7. The fraction of sp³-hybridized carbons (Fsp3) is 0.432. The summed E-state index contributed by atoms with van der Waals surface area (Å²) in [7, 11) is 1.70. The van der Waals surface area contributed by atoms with Crippen molar-refractivity contribution in [3.8, 4) is 17.2 Å². The molecule has 12 heteroatoms. The minimum Gasteiger partial charge on any atom is -0.490 e. The van der Waals surface area contributed by atoms with Crippen LogP contribution < -0.4 is 24.8 Å². The molecule has 0 radical (unpaired) electrons. The molecule has 0 saturated carbocycles. The summed E-state index contributed by atoms with van der Waals surface area (Å²) in [5, 5.41) is 16.0. The molecule has 0 aromatic heterocycles. The highest BCUT2D eigenvalue weighted by Gasteiger charge is 2.31. The second-order valence-corrected chi connectivity index (χ2v) is 12.7. The molecule has 0 spiro atoms. The Morgan fingerprint density at radius 3 is 2.43 bits per heavy atom. The van der Waals surface area contributed by atoms with Gasteiger partial charge in [-0.05, 0) is 75.6 Å². The second kappa shape index (κ2) is 16.5. The van der Waals surface area contributed by atoms with Crippen LogP contribution in [0.3, 0.4) is 0 Å². The molecule has 262 valence electrons. The van der Waals surface area contributed by atoms with Gasteiger partial charge < -0.3 is 44.5 Å². The molecular formula is C37H46N4O8. The molecular weight excluding hydrogens is 628 g/mol. The van der Waals surface area contributed by atoms with Gasteiger partial charge >= 0.3 is 6.03 Å². The van der Waals surface area contributed by atoms with Crippen molar-refractivity contribution < 1.29 is 38.4 Å². The highest BCUT2D eigenvalue weighted by molar-refractivity contribution is 6.05. The number of urea groups is 1. The number of likely N-dealkylation sites (N-methyl/N-ethyl adjacent to an activating group) is 1. The topological polar surface area (TPSA) is 139 Å². The van der Waals surface area contributed by atoms with Gasteiger partial charge in [-0.1, -0.05) is 25.1 Å². The smallest absolute Gasteiger partial charge is 0.321 e. The Bertz CT molecular complexity index is 1600. The molecule has 0 bridgehead atoms. The molecule has 3 N–H and O–H groups in total. The van der Waals surface area contributed by atoms with Crippen LogP contribution in [0.5, 0.6) is 17.2 Å². The summed E-state index contributed by atoms with van der Waals surface area (Å²) in [6.07, 6.45) is 1.75. The van der Waals surface area contributed by atoms with E-state index in [2.05, 4.69) is 10.6 Å². The van der Waals surface area contributed by atoms with E-state index < -0.39 is 12.1 Å². The molecule has 3 aromatic rings. The monoisotopic (exact) mass is 674 g/mol. The molecule has 2 aliphatic heterocycles. The highest BCUT2D eigenvalue weighted by Crippen LogP contribution is 2.34. The van der Waals surface area contributed by atoms with Crippen LogP contribution in [0.1, 0.15) is 60.7 Å². The number of rotatable bonds is 7.